The summed E-state index contributed by atoms with van der Waals surface area (Å²) in [6.45, 7) is 0.464. The molecule has 3 aromatic heterocycles. The van der Waals surface area contributed by atoms with Crippen LogP contribution in [-0.4, -0.2) is 25.4 Å². The molecule has 0 aromatic carbocycles. The Labute approximate surface area is 165 Å². The summed E-state index contributed by atoms with van der Waals surface area (Å²) in [4.78, 5) is 8.19. The van der Waals surface area contributed by atoms with Gasteiger partial charge in [0, 0.05) is 34.9 Å². The predicted molar refractivity (Wildman–Crippen MR) is 102 cm³/mol. The number of hydrogen-bond acceptors (Lipinski definition) is 6. The van der Waals surface area contributed by atoms with E-state index in [1.807, 2.05) is 0 Å². The van der Waals surface area contributed by atoms with Gasteiger partial charge in [0.15, 0.2) is 0 Å². The number of halogens is 3. The highest BCUT2D eigenvalue weighted by Gasteiger charge is 2.27. The molecule has 0 saturated heterocycles. The number of aromatic nitrogens is 2. The predicted octanol–water partition coefficient (Wildman–Crippen LogP) is 3.97. The fourth-order valence-electron chi connectivity index (χ4n) is 2.32. The van der Waals surface area contributed by atoms with Crippen molar-refractivity contribution in [2.75, 3.05) is 7.05 Å². The minimum Gasteiger partial charge on any atom is -0.315 e. The van der Waals surface area contributed by atoms with Crippen molar-refractivity contribution >= 4 is 45.2 Å². The largest absolute Gasteiger partial charge is 0.315 e. The van der Waals surface area contributed by atoms with E-state index in [-0.39, 0.29) is 37.8 Å². The SMILES string of the molecule is CNCc1cc(-c2cccnc2F)c(S(=O)(=O)c2ccnc(Cl)c2)s1.Cl. The summed E-state index contributed by atoms with van der Waals surface area (Å²) in [6.07, 6.45) is 2.64. The van der Waals surface area contributed by atoms with E-state index in [4.69, 9.17) is 11.6 Å². The Morgan fingerprint density at radius 1 is 1.19 bits per heavy atom. The van der Waals surface area contributed by atoms with Crippen molar-refractivity contribution in [2.24, 2.45) is 0 Å². The number of thiophene rings is 1. The van der Waals surface area contributed by atoms with Crippen molar-refractivity contribution in [3.8, 4) is 11.1 Å². The average molecular weight is 434 g/mol. The summed E-state index contributed by atoms with van der Waals surface area (Å²) in [5.74, 6) is -0.722. The molecule has 0 aliphatic heterocycles. The molecule has 3 heterocycles. The van der Waals surface area contributed by atoms with Gasteiger partial charge in [-0.05, 0) is 37.4 Å². The Kier molecular flexibility index (Phi) is 6.70. The summed E-state index contributed by atoms with van der Waals surface area (Å²) in [6, 6.07) is 7.37. The third-order valence-corrected chi connectivity index (χ3v) is 7.03. The number of rotatable bonds is 5. The number of hydrogen-bond donors (Lipinski definition) is 1. The molecule has 0 fully saturated rings. The second kappa shape index (κ2) is 8.41. The van der Waals surface area contributed by atoms with Crippen LogP contribution in [0.3, 0.4) is 0 Å². The van der Waals surface area contributed by atoms with Gasteiger partial charge in [-0.15, -0.1) is 23.7 Å². The van der Waals surface area contributed by atoms with E-state index in [1.54, 1.807) is 19.2 Å². The van der Waals surface area contributed by atoms with Crippen LogP contribution in [0.2, 0.25) is 5.15 Å². The fourth-order valence-corrected chi connectivity index (χ4v) is 5.69. The van der Waals surface area contributed by atoms with Crippen LogP contribution in [0.15, 0.2) is 51.8 Å². The molecule has 0 radical (unpaired) electrons. The maximum atomic E-state index is 14.2. The highest BCUT2D eigenvalue weighted by molar-refractivity contribution is 7.93. The zero-order chi connectivity index (χ0) is 18.0. The van der Waals surface area contributed by atoms with Crippen molar-refractivity contribution in [1.29, 1.82) is 0 Å². The third kappa shape index (κ3) is 4.05. The molecule has 5 nitrogen and oxygen atoms in total. The summed E-state index contributed by atoms with van der Waals surface area (Å²) < 4.78 is 40.3. The molecule has 1 N–H and O–H groups in total. The fraction of sp³-hybridized carbons (Fsp3) is 0.125. The van der Waals surface area contributed by atoms with E-state index in [0.29, 0.717) is 6.54 Å². The Morgan fingerprint density at radius 3 is 2.62 bits per heavy atom. The third-order valence-electron chi connectivity index (χ3n) is 3.40. The van der Waals surface area contributed by atoms with Crippen molar-refractivity contribution in [3.05, 3.63) is 58.7 Å². The van der Waals surface area contributed by atoms with E-state index in [1.165, 1.54) is 30.6 Å². The molecule has 26 heavy (non-hydrogen) atoms. The first-order valence-electron chi connectivity index (χ1n) is 7.18. The van der Waals surface area contributed by atoms with E-state index >= 15 is 0 Å². The van der Waals surface area contributed by atoms with Gasteiger partial charge < -0.3 is 5.32 Å². The van der Waals surface area contributed by atoms with Gasteiger partial charge >= 0.3 is 0 Å². The molecule has 138 valence electrons. The van der Waals surface area contributed by atoms with Crippen LogP contribution in [0, 0.1) is 5.95 Å². The number of pyridine rings is 2. The van der Waals surface area contributed by atoms with E-state index in [0.717, 1.165) is 16.2 Å². The Hall–Kier alpha value is -1.58. The normalized spacial score (nSPS) is 11.2. The summed E-state index contributed by atoms with van der Waals surface area (Å²) in [7, 11) is -2.13. The smallest absolute Gasteiger partial charge is 0.220 e. The molecule has 3 rings (SSSR count). The van der Waals surface area contributed by atoms with Gasteiger partial charge in [-0.25, -0.2) is 18.4 Å². The minimum atomic E-state index is -3.88. The van der Waals surface area contributed by atoms with Crippen molar-refractivity contribution in [2.45, 2.75) is 15.6 Å². The zero-order valence-electron chi connectivity index (χ0n) is 13.4. The van der Waals surface area contributed by atoms with Gasteiger partial charge in [-0.3, -0.25) is 0 Å². The zero-order valence-corrected chi connectivity index (χ0v) is 16.6. The van der Waals surface area contributed by atoms with Crippen LogP contribution in [-0.2, 0) is 16.4 Å². The first kappa shape index (κ1) is 20.7. The molecule has 0 amide bonds. The van der Waals surface area contributed by atoms with E-state index in [2.05, 4.69) is 15.3 Å². The summed E-state index contributed by atoms with van der Waals surface area (Å²) >= 11 is 6.91. The maximum Gasteiger partial charge on any atom is 0.220 e. The van der Waals surface area contributed by atoms with Crippen LogP contribution in [0.5, 0.6) is 0 Å². The second-order valence-corrected chi connectivity index (χ2v) is 8.77. The lowest BCUT2D eigenvalue weighted by Crippen LogP contribution is -2.03. The molecule has 0 saturated carbocycles. The lowest BCUT2D eigenvalue weighted by Gasteiger charge is -2.06. The van der Waals surface area contributed by atoms with Crippen molar-refractivity contribution in [3.63, 3.8) is 0 Å². The van der Waals surface area contributed by atoms with Crippen LogP contribution in [0.25, 0.3) is 11.1 Å². The van der Waals surface area contributed by atoms with Crippen molar-refractivity contribution in [1.82, 2.24) is 15.3 Å². The number of nitrogens with one attached hydrogen (secondary N) is 1. The van der Waals surface area contributed by atoms with E-state index in [9.17, 15) is 12.8 Å². The molecule has 0 aliphatic carbocycles. The Morgan fingerprint density at radius 2 is 1.96 bits per heavy atom. The minimum absolute atomic E-state index is 0. The van der Waals surface area contributed by atoms with Crippen molar-refractivity contribution < 1.29 is 12.8 Å². The molecule has 0 unspecified atom stereocenters. The first-order valence-corrected chi connectivity index (χ1v) is 9.86. The van der Waals surface area contributed by atoms with Crippen LogP contribution in [0.1, 0.15) is 4.88 Å². The molecule has 3 aromatic rings. The summed E-state index contributed by atoms with van der Waals surface area (Å²) in [5.41, 5.74) is 0.425. The van der Waals surface area contributed by atoms with Gasteiger partial charge in [0.1, 0.15) is 9.36 Å². The topological polar surface area (TPSA) is 72.0 Å². The Balaban J connectivity index is 0.00000243. The highest BCUT2D eigenvalue weighted by Crippen LogP contribution is 2.39. The molecule has 0 atom stereocenters. The lowest BCUT2D eigenvalue weighted by molar-refractivity contribution is 0.587. The average Bonchev–Trinajstić information content (AvgIpc) is 3.00. The van der Waals surface area contributed by atoms with Crippen LogP contribution < -0.4 is 5.32 Å². The molecule has 0 spiro atoms. The number of sulfone groups is 1. The standard InChI is InChI=1S/C16H13ClFN3O2S2.ClH/c1-19-9-10-7-13(12-3-2-5-21-15(12)18)16(24-10)25(22,23)11-4-6-20-14(17)8-11;/h2-8,19H,9H2,1H3;1H. The van der Waals surface area contributed by atoms with Gasteiger partial charge in [0.05, 0.1) is 4.90 Å². The molecular formula is C16H14Cl2FN3O2S2. The quantitative estimate of drug-likeness (QED) is 0.616. The highest BCUT2D eigenvalue weighted by atomic mass is 35.5. The Bertz CT molecular complexity index is 1030. The van der Waals surface area contributed by atoms with Gasteiger partial charge in [0.2, 0.25) is 15.8 Å². The summed E-state index contributed by atoms with van der Waals surface area (Å²) in [5, 5.41) is 3.04. The van der Waals surface area contributed by atoms with Gasteiger partial charge in [-0.1, -0.05) is 11.6 Å². The molecule has 10 heteroatoms. The maximum absolute atomic E-state index is 14.2. The molecule has 0 bridgehead atoms. The lowest BCUT2D eigenvalue weighted by atomic mass is 10.1. The van der Waals surface area contributed by atoms with E-state index < -0.39 is 15.8 Å². The molecule has 0 aliphatic rings. The monoisotopic (exact) mass is 433 g/mol. The molecular weight excluding hydrogens is 420 g/mol. The van der Waals surface area contributed by atoms with Crippen LogP contribution >= 0.6 is 35.3 Å². The second-order valence-electron chi connectivity index (χ2n) is 5.10. The number of nitrogens with zero attached hydrogens (tertiary/aromatic N) is 2. The van der Waals surface area contributed by atoms with Gasteiger partial charge in [0.25, 0.3) is 0 Å². The first-order chi connectivity index (χ1) is 11.9. The van der Waals surface area contributed by atoms with Gasteiger partial charge in [-0.2, -0.15) is 4.39 Å². The van der Waals surface area contributed by atoms with Crippen LogP contribution in [0.4, 0.5) is 4.39 Å².